The Morgan fingerprint density at radius 2 is 1.89 bits per heavy atom. The van der Waals surface area contributed by atoms with Gasteiger partial charge in [-0.1, -0.05) is 0 Å². The van der Waals surface area contributed by atoms with Crippen LogP contribution in [0.15, 0.2) is 0 Å². The van der Waals surface area contributed by atoms with Crippen LogP contribution in [0.2, 0.25) is 0 Å². The summed E-state index contributed by atoms with van der Waals surface area (Å²) in [4.78, 5) is 19.1. The van der Waals surface area contributed by atoms with Gasteiger partial charge in [0.15, 0.2) is 0 Å². The van der Waals surface area contributed by atoms with E-state index in [0.29, 0.717) is 18.6 Å². The van der Waals surface area contributed by atoms with Gasteiger partial charge in [0.25, 0.3) is 0 Å². The van der Waals surface area contributed by atoms with Crippen LogP contribution < -0.4 is 5.32 Å². The Hall–Kier alpha value is -0.650. The molecule has 0 aliphatic carbocycles. The molecule has 3 fully saturated rings. The molecular formula is C14H26N4O. The molecule has 0 aromatic carbocycles. The number of rotatable bonds is 3. The third kappa shape index (κ3) is 2.93. The van der Waals surface area contributed by atoms with Gasteiger partial charge in [0.2, 0.25) is 5.91 Å². The zero-order chi connectivity index (χ0) is 13.2. The molecule has 3 heterocycles. The summed E-state index contributed by atoms with van der Waals surface area (Å²) in [5, 5.41) is 3.51. The quantitative estimate of drug-likeness (QED) is 0.753. The molecule has 1 amide bonds. The van der Waals surface area contributed by atoms with Crippen molar-refractivity contribution in [3.63, 3.8) is 0 Å². The van der Waals surface area contributed by atoms with Gasteiger partial charge in [0.1, 0.15) is 0 Å². The summed E-state index contributed by atoms with van der Waals surface area (Å²) in [6, 6.07) is 1.24. The second-order valence-corrected chi connectivity index (χ2v) is 6.21. The first-order valence-corrected chi connectivity index (χ1v) is 7.68. The van der Waals surface area contributed by atoms with E-state index in [9.17, 15) is 4.79 Å². The van der Waals surface area contributed by atoms with E-state index in [-0.39, 0.29) is 5.91 Å². The normalized spacial score (nSPS) is 32.8. The maximum Gasteiger partial charge on any atom is 0.236 e. The van der Waals surface area contributed by atoms with Gasteiger partial charge in [0.05, 0.1) is 6.54 Å². The van der Waals surface area contributed by atoms with Crippen molar-refractivity contribution in [2.75, 3.05) is 52.9 Å². The molecule has 3 saturated heterocycles. The average molecular weight is 266 g/mol. The molecule has 19 heavy (non-hydrogen) atoms. The number of carbonyl (C=O) groups excluding carboxylic acids is 1. The van der Waals surface area contributed by atoms with Crippen LogP contribution >= 0.6 is 0 Å². The first-order chi connectivity index (χ1) is 9.24. The topological polar surface area (TPSA) is 38.8 Å². The number of nitrogens with one attached hydrogen (secondary N) is 1. The molecule has 3 aliphatic heterocycles. The molecule has 5 heteroatoms. The molecule has 0 saturated carbocycles. The fourth-order valence-corrected chi connectivity index (χ4v) is 3.71. The van der Waals surface area contributed by atoms with E-state index < -0.39 is 0 Å². The lowest BCUT2D eigenvalue weighted by atomic mass is 10.1. The summed E-state index contributed by atoms with van der Waals surface area (Å²) in [5.74, 6) is 0.282. The largest absolute Gasteiger partial charge is 0.339 e. The third-order valence-corrected chi connectivity index (χ3v) is 4.98. The van der Waals surface area contributed by atoms with Crippen molar-refractivity contribution in [2.24, 2.45) is 0 Å². The van der Waals surface area contributed by atoms with Crippen molar-refractivity contribution in [1.29, 1.82) is 0 Å². The van der Waals surface area contributed by atoms with Gasteiger partial charge in [-0.25, -0.2) is 0 Å². The molecule has 0 aromatic rings. The van der Waals surface area contributed by atoms with Crippen LogP contribution in [0, 0.1) is 0 Å². The smallest absolute Gasteiger partial charge is 0.236 e. The SMILES string of the molecule is CN1CCN(C(=O)CNC2CCN3CCCC23)CC1. The minimum absolute atomic E-state index is 0.282. The Labute approximate surface area is 115 Å². The van der Waals surface area contributed by atoms with Gasteiger partial charge in [-0.2, -0.15) is 0 Å². The Bertz CT molecular complexity index is 327. The van der Waals surface area contributed by atoms with Crippen LogP contribution in [0.1, 0.15) is 19.3 Å². The zero-order valence-corrected chi connectivity index (χ0v) is 12.0. The summed E-state index contributed by atoms with van der Waals surface area (Å²) in [6.07, 6.45) is 3.84. The van der Waals surface area contributed by atoms with Crippen molar-refractivity contribution in [3.8, 4) is 0 Å². The summed E-state index contributed by atoms with van der Waals surface area (Å²) < 4.78 is 0. The van der Waals surface area contributed by atoms with Gasteiger partial charge in [0, 0.05) is 44.8 Å². The van der Waals surface area contributed by atoms with Crippen LogP contribution in [0.4, 0.5) is 0 Å². The first-order valence-electron chi connectivity index (χ1n) is 7.68. The number of hydrogen-bond acceptors (Lipinski definition) is 4. The lowest BCUT2D eigenvalue weighted by molar-refractivity contribution is -0.131. The van der Waals surface area contributed by atoms with Gasteiger partial charge < -0.3 is 15.1 Å². The number of likely N-dealkylation sites (N-methyl/N-ethyl adjacent to an activating group) is 1. The second kappa shape index (κ2) is 5.77. The van der Waals surface area contributed by atoms with E-state index in [1.165, 1.54) is 32.4 Å². The van der Waals surface area contributed by atoms with E-state index in [1.54, 1.807) is 0 Å². The van der Waals surface area contributed by atoms with E-state index >= 15 is 0 Å². The highest BCUT2D eigenvalue weighted by Crippen LogP contribution is 2.27. The summed E-state index contributed by atoms with van der Waals surface area (Å²) in [7, 11) is 2.12. The Kier molecular flexibility index (Phi) is 4.05. The number of fused-ring (bicyclic) bond motifs is 1. The lowest BCUT2D eigenvalue weighted by Crippen LogP contribution is -2.51. The monoisotopic (exact) mass is 266 g/mol. The number of piperazine rings is 1. The Morgan fingerprint density at radius 3 is 2.68 bits per heavy atom. The fourth-order valence-electron chi connectivity index (χ4n) is 3.71. The highest BCUT2D eigenvalue weighted by atomic mass is 16.2. The second-order valence-electron chi connectivity index (χ2n) is 6.21. The lowest BCUT2D eigenvalue weighted by Gasteiger charge is -2.33. The van der Waals surface area contributed by atoms with Crippen molar-refractivity contribution >= 4 is 5.91 Å². The van der Waals surface area contributed by atoms with Gasteiger partial charge in [-0.15, -0.1) is 0 Å². The van der Waals surface area contributed by atoms with Gasteiger partial charge >= 0.3 is 0 Å². The van der Waals surface area contributed by atoms with Crippen LogP contribution in [0.5, 0.6) is 0 Å². The molecule has 0 aromatic heterocycles. The van der Waals surface area contributed by atoms with Crippen molar-refractivity contribution < 1.29 is 4.79 Å². The molecule has 5 nitrogen and oxygen atoms in total. The molecule has 3 aliphatic rings. The van der Waals surface area contributed by atoms with Gasteiger partial charge in [-0.05, 0) is 32.9 Å². The van der Waals surface area contributed by atoms with Gasteiger partial charge in [-0.3, -0.25) is 9.69 Å². The maximum atomic E-state index is 12.2. The molecule has 0 bridgehead atoms. The zero-order valence-electron chi connectivity index (χ0n) is 12.0. The average Bonchev–Trinajstić information content (AvgIpc) is 3.00. The van der Waals surface area contributed by atoms with Crippen molar-refractivity contribution in [3.05, 3.63) is 0 Å². The van der Waals surface area contributed by atoms with E-state index in [1.807, 2.05) is 4.90 Å². The molecular weight excluding hydrogens is 240 g/mol. The highest BCUT2D eigenvalue weighted by Gasteiger charge is 2.37. The van der Waals surface area contributed by atoms with E-state index in [2.05, 4.69) is 22.2 Å². The molecule has 2 unspecified atom stereocenters. The van der Waals surface area contributed by atoms with Crippen LogP contribution in [0.3, 0.4) is 0 Å². The number of amides is 1. The number of hydrogen-bond donors (Lipinski definition) is 1. The minimum Gasteiger partial charge on any atom is -0.339 e. The minimum atomic E-state index is 0.282. The van der Waals surface area contributed by atoms with Crippen LogP contribution in [0.25, 0.3) is 0 Å². The maximum absolute atomic E-state index is 12.2. The predicted octanol–water partition coefficient (Wildman–Crippen LogP) is -0.413. The molecule has 0 radical (unpaired) electrons. The third-order valence-electron chi connectivity index (χ3n) is 4.98. The molecule has 2 atom stereocenters. The highest BCUT2D eigenvalue weighted by molar-refractivity contribution is 5.78. The fraction of sp³-hybridized carbons (Fsp3) is 0.929. The van der Waals surface area contributed by atoms with E-state index in [0.717, 1.165) is 26.2 Å². The number of carbonyl (C=O) groups is 1. The van der Waals surface area contributed by atoms with Crippen LogP contribution in [-0.4, -0.2) is 85.6 Å². The molecule has 0 spiro atoms. The Morgan fingerprint density at radius 1 is 1.11 bits per heavy atom. The predicted molar refractivity (Wildman–Crippen MR) is 75.1 cm³/mol. The molecule has 1 N–H and O–H groups in total. The van der Waals surface area contributed by atoms with E-state index in [4.69, 9.17) is 0 Å². The van der Waals surface area contributed by atoms with Crippen molar-refractivity contribution in [2.45, 2.75) is 31.3 Å². The summed E-state index contributed by atoms with van der Waals surface area (Å²) >= 11 is 0. The molecule has 108 valence electrons. The summed E-state index contributed by atoms with van der Waals surface area (Å²) in [5.41, 5.74) is 0. The number of nitrogens with zero attached hydrogens (tertiary/aromatic N) is 3. The van der Waals surface area contributed by atoms with Crippen LogP contribution in [-0.2, 0) is 4.79 Å². The standard InChI is InChI=1S/C14H26N4O/c1-16-7-9-18(10-8-16)14(19)11-15-12-4-6-17-5-2-3-13(12)17/h12-13,15H,2-11H2,1H3. The summed E-state index contributed by atoms with van der Waals surface area (Å²) in [6.45, 7) is 6.78. The first kappa shape index (κ1) is 13.3. The molecule has 3 rings (SSSR count). The Balaban J connectivity index is 1.43. The van der Waals surface area contributed by atoms with Crippen molar-refractivity contribution in [1.82, 2.24) is 20.0 Å².